The highest BCUT2D eigenvalue weighted by molar-refractivity contribution is 7.99. The van der Waals surface area contributed by atoms with Gasteiger partial charge in [0, 0.05) is 24.1 Å². The summed E-state index contributed by atoms with van der Waals surface area (Å²) in [5, 5.41) is 3.23. The fourth-order valence-corrected chi connectivity index (χ4v) is 2.69. The fourth-order valence-electron chi connectivity index (χ4n) is 1.71. The molecule has 1 nitrogen and oxygen atoms in total. The summed E-state index contributed by atoms with van der Waals surface area (Å²) in [5.74, 6) is 1.86. The van der Waals surface area contributed by atoms with Crippen LogP contribution in [0.1, 0.15) is 17.2 Å². The molecule has 1 aliphatic heterocycles. The number of hydrogen-bond donors (Lipinski definition) is 1. The Morgan fingerprint density at radius 3 is 2.75 bits per heavy atom. The minimum atomic E-state index is -4.25. The van der Waals surface area contributed by atoms with Gasteiger partial charge in [0.1, 0.15) is 0 Å². The van der Waals surface area contributed by atoms with Gasteiger partial charge in [-0.05, 0) is 17.7 Å². The summed E-state index contributed by atoms with van der Waals surface area (Å²) < 4.78 is 37.5. The zero-order valence-electron chi connectivity index (χ0n) is 8.55. The highest BCUT2D eigenvalue weighted by atomic mass is 32.2. The van der Waals surface area contributed by atoms with E-state index < -0.39 is 11.7 Å². The van der Waals surface area contributed by atoms with E-state index in [4.69, 9.17) is 0 Å². The average Bonchev–Trinajstić information content (AvgIpc) is 2.29. The summed E-state index contributed by atoms with van der Waals surface area (Å²) >= 11 is 1.77. The van der Waals surface area contributed by atoms with Gasteiger partial charge in [0.05, 0.1) is 5.56 Å². The number of rotatable bonds is 1. The lowest BCUT2D eigenvalue weighted by Crippen LogP contribution is -2.30. The van der Waals surface area contributed by atoms with Crippen LogP contribution in [0, 0.1) is 0 Å². The molecule has 0 unspecified atom stereocenters. The van der Waals surface area contributed by atoms with Gasteiger partial charge in [0.25, 0.3) is 0 Å². The smallest absolute Gasteiger partial charge is 0.308 e. The van der Waals surface area contributed by atoms with E-state index in [2.05, 4.69) is 5.32 Å². The minimum Gasteiger partial charge on any atom is -0.308 e. The Balaban J connectivity index is 2.21. The van der Waals surface area contributed by atoms with Crippen LogP contribution in [0.3, 0.4) is 0 Å². The quantitative estimate of drug-likeness (QED) is 0.818. The van der Waals surface area contributed by atoms with Crippen LogP contribution in [0.25, 0.3) is 0 Å². The molecule has 2 rings (SSSR count). The van der Waals surface area contributed by atoms with Crippen LogP contribution in [0.5, 0.6) is 0 Å². The largest absolute Gasteiger partial charge is 0.416 e. The molecule has 1 N–H and O–H groups in total. The molecule has 1 heterocycles. The predicted octanol–water partition coefficient (Wildman–Crippen LogP) is 3.08. The molecule has 0 aromatic heterocycles. The van der Waals surface area contributed by atoms with Crippen LogP contribution in [0.15, 0.2) is 24.3 Å². The molecule has 0 bridgehead atoms. The second-order valence-corrected chi connectivity index (χ2v) is 4.85. The lowest BCUT2D eigenvalue weighted by molar-refractivity contribution is -0.137. The highest BCUT2D eigenvalue weighted by Gasteiger charge is 2.31. The van der Waals surface area contributed by atoms with Gasteiger partial charge in [-0.25, -0.2) is 0 Å². The van der Waals surface area contributed by atoms with E-state index in [1.807, 2.05) is 0 Å². The normalized spacial score (nSPS) is 22.1. The van der Waals surface area contributed by atoms with E-state index in [0.29, 0.717) is 0 Å². The third kappa shape index (κ3) is 2.71. The van der Waals surface area contributed by atoms with Crippen molar-refractivity contribution in [2.45, 2.75) is 12.2 Å². The molecule has 1 fully saturated rings. The lowest BCUT2D eigenvalue weighted by atomic mass is 10.0. The maximum Gasteiger partial charge on any atom is 0.416 e. The van der Waals surface area contributed by atoms with Crippen molar-refractivity contribution in [2.75, 3.05) is 18.1 Å². The van der Waals surface area contributed by atoms with Crippen molar-refractivity contribution in [1.82, 2.24) is 5.32 Å². The van der Waals surface area contributed by atoms with Crippen LogP contribution in [0.2, 0.25) is 0 Å². The molecule has 0 aliphatic carbocycles. The molecule has 0 radical (unpaired) electrons. The third-order valence-electron chi connectivity index (χ3n) is 2.54. The molecule has 5 heteroatoms. The molecule has 16 heavy (non-hydrogen) atoms. The Morgan fingerprint density at radius 1 is 1.31 bits per heavy atom. The summed E-state index contributed by atoms with van der Waals surface area (Å²) in [5.41, 5.74) is 0.157. The van der Waals surface area contributed by atoms with Gasteiger partial charge < -0.3 is 5.32 Å². The molecule has 0 saturated carbocycles. The van der Waals surface area contributed by atoms with Crippen LogP contribution in [-0.4, -0.2) is 18.1 Å². The van der Waals surface area contributed by atoms with Crippen LogP contribution >= 0.6 is 11.8 Å². The SMILES string of the molecule is FC(F)(F)c1cccc([C@H]2CSCCN2)c1. The monoisotopic (exact) mass is 247 g/mol. The van der Waals surface area contributed by atoms with Gasteiger partial charge in [-0.15, -0.1) is 0 Å². The van der Waals surface area contributed by atoms with E-state index in [-0.39, 0.29) is 6.04 Å². The molecular weight excluding hydrogens is 235 g/mol. The molecule has 1 aliphatic rings. The molecule has 1 aromatic rings. The summed E-state index contributed by atoms with van der Waals surface area (Å²) in [6.07, 6.45) is -4.25. The Kier molecular flexibility index (Phi) is 3.44. The highest BCUT2D eigenvalue weighted by Crippen LogP contribution is 2.31. The van der Waals surface area contributed by atoms with E-state index in [1.165, 1.54) is 12.1 Å². The first-order chi connectivity index (χ1) is 7.57. The topological polar surface area (TPSA) is 12.0 Å². The summed E-state index contributed by atoms with van der Waals surface area (Å²) in [4.78, 5) is 0. The van der Waals surface area contributed by atoms with Gasteiger partial charge >= 0.3 is 6.18 Å². The Hall–Kier alpha value is -0.680. The number of alkyl halides is 3. The van der Waals surface area contributed by atoms with Crippen molar-refractivity contribution in [1.29, 1.82) is 0 Å². The molecule has 88 valence electrons. The van der Waals surface area contributed by atoms with Gasteiger partial charge in [-0.2, -0.15) is 24.9 Å². The number of hydrogen-bond acceptors (Lipinski definition) is 2. The molecule has 0 amide bonds. The van der Waals surface area contributed by atoms with Gasteiger partial charge in [0.15, 0.2) is 0 Å². The summed E-state index contributed by atoms with van der Waals surface area (Å²) in [6.45, 7) is 0.853. The van der Waals surface area contributed by atoms with Crippen molar-refractivity contribution in [3.8, 4) is 0 Å². The van der Waals surface area contributed by atoms with Gasteiger partial charge in [-0.1, -0.05) is 12.1 Å². The average molecular weight is 247 g/mol. The third-order valence-corrected chi connectivity index (χ3v) is 3.60. The second-order valence-electron chi connectivity index (χ2n) is 3.70. The van der Waals surface area contributed by atoms with Gasteiger partial charge in [-0.3, -0.25) is 0 Å². The Labute approximate surface area is 96.4 Å². The van der Waals surface area contributed by atoms with Crippen molar-refractivity contribution in [2.24, 2.45) is 0 Å². The zero-order valence-corrected chi connectivity index (χ0v) is 9.37. The van der Waals surface area contributed by atoms with E-state index >= 15 is 0 Å². The van der Waals surface area contributed by atoms with Crippen molar-refractivity contribution in [3.63, 3.8) is 0 Å². The predicted molar refractivity (Wildman–Crippen MR) is 59.5 cm³/mol. The summed E-state index contributed by atoms with van der Waals surface area (Å²) in [7, 11) is 0. The molecule has 1 atom stereocenters. The zero-order chi connectivity index (χ0) is 11.6. The van der Waals surface area contributed by atoms with Gasteiger partial charge in [0.2, 0.25) is 0 Å². The van der Waals surface area contributed by atoms with Crippen molar-refractivity contribution in [3.05, 3.63) is 35.4 Å². The molecule has 0 spiro atoms. The lowest BCUT2D eigenvalue weighted by Gasteiger charge is -2.24. The maximum atomic E-state index is 12.5. The first-order valence-corrected chi connectivity index (χ1v) is 6.21. The Morgan fingerprint density at radius 2 is 2.12 bits per heavy atom. The number of nitrogens with one attached hydrogen (secondary N) is 1. The van der Waals surface area contributed by atoms with Crippen molar-refractivity contribution >= 4 is 11.8 Å². The second kappa shape index (κ2) is 4.67. The fraction of sp³-hybridized carbons (Fsp3) is 0.455. The minimum absolute atomic E-state index is 0.0426. The number of thioether (sulfide) groups is 1. The molecule has 1 saturated heterocycles. The first kappa shape index (κ1) is 11.8. The number of benzene rings is 1. The number of halogens is 3. The van der Waals surface area contributed by atoms with Crippen LogP contribution in [0.4, 0.5) is 13.2 Å². The molecule has 1 aromatic carbocycles. The van der Waals surface area contributed by atoms with Crippen LogP contribution < -0.4 is 5.32 Å². The van der Waals surface area contributed by atoms with E-state index in [9.17, 15) is 13.2 Å². The van der Waals surface area contributed by atoms with Crippen LogP contribution in [-0.2, 0) is 6.18 Å². The van der Waals surface area contributed by atoms with Crippen molar-refractivity contribution < 1.29 is 13.2 Å². The Bertz CT molecular complexity index is 358. The maximum absolute atomic E-state index is 12.5. The first-order valence-electron chi connectivity index (χ1n) is 5.05. The standard InChI is InChI=1S/C11H12F3NS/c12-11(13,14)9-3-1-2-8(6-9)10-7-16-5-4-15-10/h1-3,6,10,15H,4-5,7H2/t10-/m1/s1. The molecular formula is C11H12F3NS. The summed E-state index contributed by atoms with van der Waals surface area (Å²) in [6, 6.07) is 5.61. The van der Waals surface area contributed by atoms with E-state index in [0.717, 1.165) is 29.7 Å². The van der Waals surface area contributed by atoms with E-state index in [1.54, 1.807) is 17.8 Å².